The third-order valence-electron chi connectivity index (χ3n) is 3.40. The fraction of sp³-hybridized carbons (Fsp3) is 0.385. The molecule has 4 heteroatoms. The van der Waals surface area contributed by atoms with Gasteiger partial charge in [-0.1, -0.05) is 26.0 Å². The standard InChI is InChI=1S/C13H16N2O2/c1-8-9(2)13(17)15(12(8)16)11-5-3-10(7-14)4-6-11/h3-6,8-9H,7,14H2,1-2H3. The highest BCUT2D eigenvalue weighted by atomic mass is 16.2. The minimum atomic E-state index is -0.239. The van der Waals surface area contributed by atoms with E-state index < -0.39 is 0 Å². The van der Waals surface area contributed by atoms with Gasteiger partial charge in [0.15, 0.2) is 0 Å². The monoisotopic (exact) mass is 232 g/mol. The van der Waals surface area contributed by atoms with E-state index in [1.807, 2.05) is 12.1 Å². The van der Waals surface area contributed by atoms with Crippen LogP contribution >= 0.6 is 0 Å². The Morgan fingerprint density at radius 3 is 1.94 bits per heavy atom. The first kappa shape index (κ1) is 11.8. The van der Waals surface area contributed by atoms with E-state index in [0.717, 1.165) is 5.56 Å². The molecule has 0 spiro atoms. The molecule has 2 N–H and O–H groups in total. The van der Waals surface area contributed by atoms with Crippen molar-refractivity contribution in [1.82, 2.24) is 0 Å². The molecule has 0 bridgehead atoms. The molecule has 1 aromatic carbocycles. The van der Waals surface area contributed by atoms with E-state index in [2.05, 4.69) is 0 Å². The molecule has 1 aliphatic rings. The minimum Gasteiger partial charge on any atom is -0.326 e. The van der Waals surface area contributed by atoms with Gasteiger partial charge in [-0.3, -0.25) is 14.5 Å². The number of hydrogen-bond acceptors (Lipinski definition) is 3. The normalized spacial score (nSPS) is 24.5. The summed E-state index contributed by atoms with van der Waals surface area (Å²) in [6, 6.07) is 7.21. The van der Waals surface area contributed by atoms with Crippen LogP contribution in [0.15, 0.2) is 24.3 Å². The Morgan fingerprint density at radius 1 is 1.06 bits per heavy atom. The molecular formula is C13H16N2O2. The number of carbonyl (C=O) groups excluding carboxylic acids is 2. The van der Waals surface area contributed by atoms with E-state index in [9.17, 15) is 9.59 Å². The predicted octanol–water partition coefficient (Wildman–Crippen LogP) is 1.29. The van der Waals surface area contributed by atoms with E-state index in [1.54, 1.807) is 26.0 Å². The van der Waals surface area contributed by atoms with Gasteiger partial charge in [0.25, 0.3) is 0 Å². The highest BCUT2D eigenvalue weighted by molar-refractivity contribution is 6.21. The van der Waals surface area contributed by atoms with Crippen molar-refractivity contribution in [2.45, 2.75) is 20.4 Å². The van der Waals surface area contributed by atoms with Gasteiger partial charge in [-0.25, -0.2) is 0 Å². The van der Waals surface area contributed by atoms with Crippen LogP contribution in [0.5, 0.6) is 0 Å². The molecule has 17 heavy (non-hydrogen) atoms. The molecule has 1 fully saturated rings. The predicted molar refractivity (Wildman–Crippen MR) is 65.2 cm³/mol. The minimum absolute atomic E-state index is 0.122. The summed E-state index contributed by atoms with van der Waals surface area (Å²) in [5, 5.41) is 0. The first-order valence-corrected chi connectivity index (χ1v) is 5.73. The molecule has 1 heterocycles. The SMILES string of the molecule is CC1C(=O)N(c2ccc(CN)cc2)C(=O)C1C. The van der Waals surface area contributed by atoms with Crippen molar-refractivity contribution in [2.24, 2.45) is 17.6 Å². The zero-order chi connectivity index (χ0) is 12.6. The molecule has 2 rings (SSSR count). The van der Waals surface area contributed by atoms with Gasteiger partial charge in [-0.2, -0.15) is 0 Å². The Morgan fingerprint density at radius 2 is 1.53 bits per heavy atom. The van der Waals surface area contributed by atoms with Gasteiger partial charge in [0.2, 0.25) is 11.8 Å². The molecule has 90 valence electrons. The summed E-state index contributed by atoms with van der Waals surface area (Å²) in [5.74, 6) is -0.723. The quantitative estimate of drug-likeness (QED) is 0.781. The second kappa shape index (κ2) is 4.30. The summed E-state index contributed by atoms with van der Waals surface area (Å²) >= 11 is 0. The van der Waals surface area contributed by atoms with Crippen molar-refractivity contribution >= 4 is 17.5 Å². The van der Waals surface area contributed by atoms with Crippen LogP contribution in [-0.4, -0.2) is 11.8 Å². The molecule has 0 aliphatic carbocycles. The van der Waals surface area contributed by atoms with Crippen LogP contribution in [0, 0.1) is 11.8 Å². The van der Waals surface area contributed by atoms with E-state index in [4.69, 9.17) is 5.73 Å². The molecule has 1 saturated heterocycles. The number of hydrogen-bond donors (Lipinski definition) is 1. The van der Waals surface area contributed by atoms with Crippen LogP contribution in [0.2, 0.25) is 0 Å². The van der Waals surface area contributed by atoms with Crippen molar-refractivity contribution in [3.05, 3.63) is 29.8 Å². The average molecular weight is 232 g/mol. The highest BCUT2D eigenvalue weighted by Gasteiger charge is 2.42. The van der Waals surface area contributed by atoms with Gasteiger partial charge < -0.3 is 5.73 Å². The Bertz CT molecular complexity index is 433. The molecule has 1 aliphatic heterocycles. The van der Waals surface area contributed by atoms with Crippen LogP contribution in [-0.2, 0) is 16.1 Å². The van der Waals surface area contributed by atoms with Gasteiger partial charge in [-0.15, -0.1) is 0 Å². The van der Waals surface area contributed by atoms with Crippen molar-refractivity contribution in [2.75, 3.05) is 4.90 Å². The molecule has 2 unspecified atom stereocenters. The van der Waals surface area contributed by atoms with Crippen LogP contribution < -0.4 is 10.6 Å². The van der Waals surface area contributed by atoms with E-state index >= 15 is 0 Å². The largest absolute Gasteiger partial charge is 0.326 e. The lowest BCUT2D eigenvalue weighted by molar-refractivity contribution is -0.122. The number of nitrogens with zero attached hydrogens (tertiary/aromatic N) is 1. The Balaban J connectivity index is 2.33. The second-order valence-corrected chi connectivity index (χ2v) is 4.46. The van der Waals surface area contributed by atoms with E-state index in [0.29, 0.717) is 12.2 Å². The molecule has 2 atom stereocenters. The van der Waals surface area contributed by atoms with Crippen LogP contribution in [0.25, 0.3) is 0 Å². The van der Waals surface area contributed by atoms with E-state index in [-0.39, 0.29) is 23.7 Å². The van der Waals surface area contributed by atoms with Gasteiger partial charge in [0.05, 0.1) is 5.69 Å². The summed E-state index contributed by atoms with van der Waals surface area (Å²) in [6.07, 6.45) is 0. The lowest BCUT2D eigenvalue weighted by Crippen LogP contribution is -2.30. The number of carbonyl (C=O) groups is 2. The highest BCUT2D eigenvalue weighted by Crippen LogP contribution is 2.30. The fourth-order valence-electron chi connectivity index (χ4n) is 1.98. The number of benzene rings is 1. The molecule has 0 radical (unpaired) electrons. The van der Waals surface area contributed by atoms with Crippen molar-refractivity contribution in [3.8, 4) is 0 Å². The summed E-state index contributed by atoms with van der Waals surface area (Å²) in [6.45, 7) is 4.04. The number of imide groups is 1. The fourth-order valence-corrected chi connectivity index (χ4v) is 1.98. The maximum Gasteiger partial charge on any atom is 0.237 e. The zero-order valence-electron chi connectivity index (χ0n) is 10.0. The maximum absolute atomic E-state index is 12.0. The lowest BCUT2D eigenvalue weighted by atomic mass is 10.00. The Labute approximate surface area is 100 Å². The third kappa shape index (κ3) is 1.85. The Hall–Kier alpha value is -1.68. The van der Waals surface area contributed by atoms with Crippen molar-refractivity contribution in [3.63, 3.8) is 0 Å². The first-order valence-electron chi connectivity index (χ1n) is 5.73. The average Bonchev–Trinajstić information content (AvgIpc) is 2.54. The number of anilines is 1. The van der Waals surface area contributed by atoms with Crippen LogP contribution in [0.4, 0.5) is 5.69 Å². The summed E-state index contributed by atoms with van der Waals surface area (Å²) < 4.78 is 0. The molecule has 0 aromatic heterocycles. The van der Waals surface area contributed by atoms with Crippen LogP contribution in [0.3, 0.4) is 0 Å². The van der Waals surface area contributed by atoms with Gasteiger partial charge in [0.1, 0.15) is 0 Å². The van der Waals surface area contributed by atoms with Gasteiger partial charge in [0, 0.05) is 18.4 Å². The van der Waals surface area contributed by atoms with Crippen molar-refractivity contribution < 1.29 is 9.59 Å². The number of amides is 2. The smallest absolute Gasteiger partial charge is 0.237 e. The maximum atomic E-state index is 12.0. The summed E-state index contributed by atoms with van der Waals surface area (Å²) in [7, 11) is 0. The number of rotatable bonds is 2. The van der Waals surface area contributed by atoms with Gasteiger partial charge >= 0.3 is 0 Å². The molecule has 4 nitrogen and oxygen atoms in total. The summed E-state index contributed by atoms with van der Waals surface area (Å²) in [4.78, 5) is 25.2. The summed E-state index contributed by atoms with van der Waals surface area (Å²) in [5.41, 5.74) is 7.12. The number of nitrogens with two attached hydrogens (primary N) is 1. The lowest BCUT2D eigenvalue weighted by Gasteiger charge is -2.14. The first-order chi connectivity index (χ1) is 8.06. The molecular weight excluding hydrogens is 216 g/mol. The second-order valence-electron chi connectivity index (χ2n) is 4.46. The van der Waals surface area contributed by atoms with Crippen LogP contribution in [0.1, 0.15) is 19.4 Å². The molecule has 0 saturated carbocycles. The molecule has 1 aromatic rings. The zero-order valence-corrected chi connectivity index (χ0v) is 10.0. The topological polar surface area (TPSA) is 63.4 Å². The third-order valence-corrected chi connectivity index (χ3v) is 3.40. The van der Waals surface area contributed by atoms with E-state index in [1.165, 1.54) is 4.90 Å². The van der Waals surface area contributed by atoms with Crippen molar-refractivity contribution in [1.29, 1.82) is 0 Å². The Kier molecular flexibility index (Phi) is 2.98. The van der Waals surface area contributed by atoms with Gasteiger partial charge in [-0.05, 0) is 17.7 Å². The molecule has 2 amide bonds.